The molecular formula is C9H10KNO5. The minimum absolute atomic E-state index is 0. The summed E-state index contributed by atoms with van der Waals surface area (Å²) in [6, 6.07) is -1.21. The van der Waals surface area contributed by atoms with Gasteiger partial charge in [-0.2, -0.15) is 0 Å². The third-order valence-corrected chi connectivity index (χ3v) is 2.64. The standard InChI is InChI=1S/C9H11NO5.K/c1-9-4-6(12)10(9)7(8(13)14)5(15-9)2-3-11;/h2,7,11H,3-4H2,1H3,(H,13,14);/q;+1/p-1/b5-2-;/t7-,9-;/m1./s1. The van der Waals surface area contributed by atoms with E-state index in [-0.39, 0.29) is 76.1 Å². The van der Waals surface area contributed by atoms with Crippen LogP contribution in [0, 0.1) is 0 Å². The molecule has 2 rings (SSSR count). The Morgan fingerprint density at radius 1 is 1.81 bits per heavy atom. The van der Waals surface area contributed by atoms with Gasteiger partial charge in [0.25, 0.3) is 0 Å². The van der Waals surface area contributed by atoms with Gasteiger partial charge in [-0.3, -0.25) is 9.69 Å². The number of aliphatic carboxylic acids is 1. The van der Waals surface area contributed by atoms with Gasteiger partial charge in [0.2, 0.25) is 5.91 Å². The smallest absolute Gasteiger partial charge is 0.547 e. The predicted molar refractivity (Wildman–Crippen MR) is 44.9 cm³/mol. The molecule has 2 saturated heterocycles. The van der Waals surface area contributed by atoms with Crippen molar-refractivity contribution in [1.29, 1.82) is 0 Å². The predicted octanol–water partition coefficient (Wildman–Crippen LogP) is -5.04. The Labute approximate surface area is 135 Å². The fourth-order valence-corrected chi connectivity index (χ4v) is 2.03. The number of aliphatic hydroxyl groups is 1. The molecule has 0 spiro atoms. The van der Waals surface area contributed by atoms with Gasteiger partial charge >= 0.3 is 51.4 Å². The Bertz CT molecular complexity index is 369. The van der Waals surface area contributed by atoms with Gasteiger partial charge in [-0.1, -0.05) is 0 Å². The fraction of sp³-hybridized carbons (Fsp3) is 0.556. The number of carboxylic acid groups (broad SMARTS) is 1. The number of carbonyl (C=O) groups is 2. The molecule has 2 heterocycles. The van der Waals surface area contributed by atoms with Crippen LogP contribution in [-0.4, -0.2) is 40.3 Å². The van der Waals surface area contributed by atoms with Crippen LogP contribution in [0.4, 0.5) is 0 Å². The molecular weight excluding hydrogens is 241 g/mol. The minimum atomic E-state index is -1.40. The molecule has 0 unspecified atom stereocenters. The van der Waals surface area contributed by atoms with Gasteiger partial charge in [0.05, 0.1) is 19.0 Å². The van der Waals surface area contributed by atoms with Crippen LogP contribution in [0.1, 0.15) is 13.3 Å². The summed E-state index contributed by atoms with van der Waals surface area (Å²) in [5.41, 5.74) is -0.886. The Morgan fingerprint density at radius 3 is 2.88 bits per heavy atom. The number of carboxylic acids is 1. The summed E-state index contributed by atoms with van der Waals surface area (Å²) in [4.78, 5) is 23.2. The van der Waals surface area contributed by atoms with Crippen molar-refractivity contribution in [2.75, 3.05) is 6.61 Å². The number of carbonyl (C=O) groups excluding carboxylic acids is 2. The van der Waals surface area contributed by atoms with Crippen LogP contribution in [0.3, 0.4) is 0 Å². The maximum absolute atomic E-state index is 11.2. The summed E-state index contributed by atoms with van der Waals surface area (Å²) in [6.07, 6.45) is 1.39. The Balaban J connectivity index is 0.00000128. The first-order valence-electron chi connectivity index (χ1n) is 4.52. The largest absolute Gasteiger partial charge is 1.00 e. The molecule has 2 aliphatic heterocycles. The Kier molecular flexibility index (Phi) is 4.20. The number of ether oxygens (including phenoxy) is 1. The van der Waals surface area contributed by atoms with Gasteiger partial charge in [-0.25, -0.2) is 0 Å². The number of amides is 1. The number of aliphatic hydroxyl groups excluding tert-OH is 1. The van der Waals surface area contributed by atoms with Gasteiger partial charge in [-0.05, 0) is 13.0 Å². The van der Waals surface area contributed by atoms with Gasteiger partial charge < -0.3 is 19.7 Å². The van der Waals surface area contributed by atoms with Gasteiger partial charge in [-0.15, -0.1) is 0 Å². The minimum Gasteiger partial charge on any atom is -0.547 e. The molecule has 82 valence electrons. The third-order valence-electron chi connectivity index (χ3n) is 2.64. The van der Waals surface area contributed by atoms with Crippen LogP contribution >= 0.6 is 0 Å². The molecule has 2 fully saturated rings. The normalized spacial score (nSPS) is 33.9. The Morgan fingerprint density at radius 2 is 2.44 bits per heavy atom. The number of nitrogens with zero attached hydrogens (tertiary/aromatic N) is 1. The van der Waals surface area contributed by atoms with Crippen molar-refractivity contribution in [3.63, 3.8) is 0 Å². The van der Waals surface area contributed by atoms with Crippen molar-refractivity contribution < 1.29 is 75.9 Å². The van der Waals surface area contributed by atoms with E-state index in [1.54, 1.807) is 6.92 Å². The zero-order valence-corrected chi connectivity index (χ0v) is 12.2. The molecule has 0 aromatic carbocycles. The number of rotatable bonds is 2. The molecule has 6 nitrogen and oxygen atoms in total. The summed E-state index contributed by atoms with van der Waals surface area (Å²) in [5.74, 6) is -1.61. The number of hydrogen-bond acceptors (Lipinski definition) is 5. The van der Waals surface area contributed by atoms with Crippen LogP contribution in [0.25, 0.3) is 0 Å². The van der Waals surface area contributed by atoms with E-state index in [0.29, 0.717) is 0 Å². The van der Waals surface area contributed by atoms with Crippen molar-refractivity contribution in [3.8, 4) is 0 Å². The van der Waals surface area contributed by atoms with E-state index in [1.807, 2.05) is 0 Å². The van der Waals surface area contributed by atoms with Gasteiger partial charge in [0, 0.05) is 0 Å². The molecule has 0 aromatic heterocycles. The van der Waals surface area contributed by atoms with Crippen molar-refractivity contribution in [3.05, 3.63) is 11.8 Å². The van der Waals surface area contributed by atoms with Crippen LogP contribution < -0.4 is 56.5 Å². The van der Waals surface area contributed by atoms with Crippen molar-refractivity contribution >= 4 is 11.9 Å². The summed E-state index contributed by atoms with van der Waals surface area (Å²) in [5, 5.41) is 19.6. The van der Waals surface area contributed by atoms with Crippen molar-refractivity contribution in [2.24, 2.45) is 0 Å². The van der Waals surface area contributed by atoms with E-state index >= 15 is 0 Å². The van der Waals surface area contributed by atoms with Gasteiger partial charge in [0.15, 0.2) is 5.72 Å². The maximum Gasteiger partial charge on any atom is 1.00 e. The second kappa shape index (κ2) is 4.75. The summed E-state index contributed by atoms with van der Waals surface area (Å²) >= 11 is 0. The average Bonchev–Trinajstić information content (AvgIpc) is 2.34. The first-order chi connectivity index (χ1) is 6.99. The molecule has 1 N–H and O–H groups in total. The second-order valence-electron chi connectivity index (χ2n) is 3.73. The van der Waals surface area contributed by atoms with Crippen LogP contribution in [0.2, 0.25) is 0 Å². The van der Waals surface area contributed by atoms with Crippen molar-refractivity contribution in [2.45, 2.75) is 25.1 Å². The van der Waals surface area contributed by atoms with Crippen LogP contribution in [-0.2, 0) is 14.3 Å². The van der Waals surface area contributed by atoms with Gasteiger partial charge in [0.1, 0.15) is 11.8 Å². The molecule has 2 aliphatic rings. The maximum atomic E-state index is 11.2. The Hall–Kier alpha value is 0.0764. The van der Waals surface area contributed by atoms with E-state index < -0.39 is 17.7 Å². The van der Waals surface area contributed by atoms with E-state index in [1.165, 1.54) is 6.08 Å². The molecule has 0 bridgehead atoms. The molecule has 0 radical (unpaired) electrons. The molecule has 16 heavy (non-hydrogen) atoms. The molecule has 2 atom stereocenters. The van der Waals surface area contributed by atoms with E-state index in [0.717, 1.165) is 4.90 Å². The SMILES string of the molecule is C[C@@]12CC(=O)N1[C@@H](C(=O)[O-])/C(=C/CO)O2.[K+]. The zero-order chi connectivity index (χ0) is 11.2. The first-order valence-corrected chi connectivity index (χ1v) is 4.52. The monoisotopic (exact) mass is 251 g/mol. The third kappa shape index (κ3) is 1.96. The number of β-lactam (4-membered cyclic amide) rings is 1. The molecule has 0 aliphatic carbocycles. The topological polar surface area (TPSA) is 89.9 Å². The van der Waals surface area contributed by atoms with E-state index in [9.17, 15) is 14.7 Å². The molecule has 0 aromatic rings. The summed E-state index contributed by atoms with van der Waals surface area (Å²) in [7, 11) is 0. The number of hydrogen-bond donors (Lipinski definition) is 1. The van der Waals surface area contributed by atoms with Crippen molar-refractivity contribution in [1.82, 2.24) is 4.90 Å². The van der Waals surface area contributed by atoms with E-state index in [2.05, 4.69) is 0 Å². The fourth-order valence-electron chi connectivity index (χ4n) is 2.03. The summed E-state index contributed by atoms with van der Waals surface area (Å²) in [6.45, 7) is 1.29. The molecule has 0 saturated carbocycles. The first kappa shape index (κ1) is 14.1. The molecule has 7 heteroatoms. The second-order valence-corrected chi connectivity index (χ2v) is 3.73. The van der Waals surface area contributed by atoms with Crippen LogP contribution in [0.15, 0.2) is 11.8 Å². The number of fused-ring (bicyclic) bond motifs is 1. The molecule has 1 amide bonds. The zero-order valence-electron chi connectivity index (χ0n) is 9.10. The van der Waals surface area contributed by atoms with E-state index in [4.69, 9.17) is 9.84 Å². The average molecular weight is 251 g/mol. The quantitative estimate of drug-likeness (QED) is 0.392. The van der Waals surface area contributed by atoms with Crippen LogP contribution in [0.5, 0.6) is 0 Å². The summed E-state index contributed by atoms with van der Waals surface area (Å²) < 4.78 is 5.32.